The predicted molar refractivity (Wildman–Crippen MR) is 68.2 cm³/mol. The molecule has 92 valence electrons. The van der Waals surface area contributed by atoms with Crippen molar-refractivity contribution in [2.75, 3.05) is 13.7 Å². The smallest absolute Gasteiger partial charge is 0.0699 e. The van der Waals surface area contributed by atoms with Gasteiger partial charge in [-0.3, -0.25) is 4.68 Å². The summed E-state index contributed by atoms with van der Waals surface area (Å²) in [5.74, 6) is 0. The van der Waals surface area contributed by atoms with E-state index in [1.165, 1.54) is 0 Å². The lowest BCUT2D eigenvalue weighted by atomic mass is 9.85. The molecule has 0 aliphatic carbocycles. The van der Waals surface area contributed by atoms with E-state index < -0.39 is 0 Å². The molecular weight excluding hydrogens is 270 g/mol. The van der Waals surface area contributed by atoms with Crippen LogP contribution in [0, 0.1) is 5.41 Å². The van der Waals surface area contributed by atoms with Gasteiger partial charge in [-0.25, -0.2) is 0 Å². The Balaban J connectivity index is 2.97. The van der Waals surface area contributed by atoms with E-state index in [0.717, 1.165) is 16.7 Å². The van der Waals surface area contributed by atoms with Crippen LogP contribution in [0.5, 0.6) is 0 Å². The number of rotatable bonds is 4. The van der Waals surface area contributed by atoms with Gasteiger partial charge in [0.25, 0.3) is 0 Å². The lowest BCUT2D eigenvalue weighted by Crippen LogP contribution is -2.29. The van der Waals surface area contributed by atoms with E-state index in [4.69, 9.17) is 10.5 Å². The van der Waals surface area contributed by atoms with Crippen LogP contribution in [0.15, 0.2) is 10.7 Å². The quantitative estimate of drug-likeness (QED) is 0.926. The van der Waals surface area contributed by atoms with Gasteiger partial charge in [0.05, 0.1) is 35.6 Å². The minimum Gasteiger partial charge on any atom is -0.383 e. The van der Waals surface area contributed by atoms with Crippen LogP contribution in [0.2, 0.25) is 0 Å². The third-order valence-electron chi connectivity index (χ3n) is 2.57. The van der Waals surface area contributed by atoms with Crippen molar-refractivity contribution in [3.05, 3.63) is 16.4 Å². The Morgan fingerprint density at radius 2 is 2.19 bits per heavy atom. The number of methoxy groups -OCH3 is 1. The van der Waals surface area contributed by atoms with Gasteiger partial charge in [-0.1, -0.05) is 20.8 Å². The summed E-state index contributed by atoms with van der Waals surface area (Å²) in [6.07, 6.45) is 1.79. The van der Waals surface area contributed by atoms with E-state index in [1.807, 2.05) is 4.68 Å². The fourth-order valence-corrected chi connectivity index (χ4v) is 1.99. The molecule has 0 bridgehead atoms. The van der Waals surface area contributed by atoms with Crippen molar-refractivity contribution in [3.8, 4) is 0 Å². The first kappa shape index (κ1) is 13.7. The number of halogens is 1. The fraction of sp³-hybridized carbons (Fsp3) is 0.727. The SMILES string of the molecule is COCCn1ncc(Br)c1C(N)C(C)(C)C. The maximum absolute atomic E-state index is 6.26. The Hall–Kier alpha value is -0.390. The summed E-state index contributed by atoms with van der Waals surface area (Å²) in [7, 11) is 1.68. The Labute approximate surface area is 105 Å². The van der Waals surface area contributed by atoms with Gasteiger partial charge in [-0.15, -0.1) is 0 Å². The van der Waals surface area contributed by atoms with Crippen LogP contribution in [-0.2, 0) is 11.3 Å². The molecule has 1 atom stereocenters. The van der Waals surface area contributed by atoms with Crippen LogP contribution >= 0.6 is 15.9 Å². The first-order valence-electron chi connectivity index (χ1n) is 5.33. The summed E-state index contributed by atoms with van der Waals surface area (Å²) in [5.41, 5.74) is 7.30. The van der Waals surface area contributed by atoms with Gasteiger partial charge in [-0.05, 0) is 21.3 Å². The molecule has 5 heteroatoms. The molecular formula is C11H20BrN3O. The zero-order valence-corrected chi connectivity index (χ0v) is 11.9. The number of aromatic nitrogens is 2. The molecule has 0 amide bonds. The van der Waals surface area contributed by atoms with E-state index in [-0.39, 0.29) is 11.5 Å². The molecule has 1 aromatic heterocycles. The summed E-state index contributed by atoms with van der Waals surface area (Å²) < 4.78 is 7.93. The van der Waals surface area contributed by atoms with Gasteiger partial charge in [0.2, 0.25) is 0 Å². The average molecular weight is 290 g/mol. The molecule has 0 aromatic carbocycles. The highest BCUT2D eigenvalue weighted by atomic mass is 79.9. The van der Waals surface area contributed by atoms with Crippen LogP contribution in [0.4, 0.5) is 0 Å². The molecule has 1 rings (SSSR count). The van der Waals surface area contributed by atoms with Crippen LogP contribution in [-0.4, -0.2) is 23.5 Å². The molecule has 16 heavy (non-hydrogen) atoms. The van der Waals surface area contributed by atoms with Gasteiger partial charge in [0.15, 0.2) is 0 Å². The van der Waals surface area contributed by atoms with E-state index in [2.05, 4.69) is 41.8 Å². The number of nitrogens with zero attached hydrogens (tertiary/aromatic N) is 2. The Kier molecular flexibility index (Phi) is 4.52. The lowest BCUT2D eigenvalue weighted by molar-refractivity contribution is 0.180. The fourth-order valence-electron chi connectivity index (χ4n) is 1.45. The number of nitrogens with two attached hydrogens (primary N) is 1. The molecule has 0 aliphatic rings. The monoisotopic (exact) mass is 289 g/mol. The summed E-state index contributed by atoms with van der Waals surface area (Å²) in [4.78, 5) is 0. The second-order valence-electron chi connectivity index (χ2n) is 4.94. The Morgan fingerprint density at radius 3 is 2.69 bits per heavy atom. The molecule has 0 spiro atoms. The Bertz CT molecular complexity index is 343. The number of hydrogen-bond donors (Lipinski definition) is 1. The second kappa shape index (κ2) is 5.29. The minimum atomic E-state index is -0.0544. The van der Waals surface area contributed by atoms with Crippen molar-refractivity contribution in [2.24, 2.45) is 11.1 Å². The number of ether oxygens (including phenoxy) is 1. The van der Waals surface area contributed by atoms with Crippen molar-refractivity contribution in [2.45, 2.75) is 33.4 Å². The molecule has 1 aromatic rings. The zero-order chi connectivity index (χ0) is 12.3. The molecule has 2 N–H and O–H groups in total. The highest BCUT2D eigenvalue weighted by Gasteiger charge is 2.27. The molecule has 0 saturated heterocycles. The van der Waals surface area contributed by atoms with Gasteiger partial charge < -0.3 is 10.5 Å². The normalized spacial score (nSPS) is 14.1. The van der Waals surface area contributed by atoms with Crippen molar-refractivity contribution < 1.29 is 4.74 Å². The van der Waals surface area contributed by atoms with Crippen LogP contribution in [0.1, 0.15) is 32.5 Å². The molecule has 0 aliphatic heterocycles. The molecule has 0 radical (unpaired) electrons. The summed E-state index contributed by atoms with van der Waals surface area (Å²) in [6.45, 7) is 7.73. The van der Waals surface area contributed by atoms with Crippen LogP contribution in [0.3, 0.4) is 0 Å². The third-order valence-corrected chi connectivity index (χ3v) is 3.18. The maximum atomic E-state index is 6.26. The Morgan fingerprint density at radius 1 is 1.56 bits per heavy atom. The summed E-state index contributed by atoms with van der Waals surface area (Å²) >= 11 is 3.50. The highest BCUT2D eigenvalue weighted by molar-refractivity contribution is 9.10. The summed E-state index contributed by atoms with van der Waals surface area (Å²) in [5, 5.41) is 4.30. The first-order valence-corrected chi connectivity index (χ1v) is 6.13. The van der Waals surface area contributed by atoms with Gasteiger partial charge in [-0.2, -0.15) is 5.10 Å². The largest absolute Gasteiger partial charge is 0.383 e. The zero-order valence-electron chi connectivity index (χ0n) is 10.3. The van der Waals surface area contributed by atoms with E-state index in [9.17, 15) is 0 Å². The van der Waals surface area contributed by atoms with E-state index >= 15 is 0 Å². The van der Waals surface area contributed by atoms with Crippen molar-refractivity contribution >= 4 is 15.9 Å². The molecule has 4 nitrogen and oxygen atoms in total. The standard InChI is InChI=1S/C11H20BrN3O/c1-11(2,3)10(13)9-8(12)7-14-15(9)5-6-16-4/h7,10H,5-6,13H2,1-4H3. The molecule has 1 unspecified atom stereocenters. The van der Waals surface area contributed by atoms with Crippen molar-refractivity contribution in [3.63, 3.8) is 0 Å². The topological polar surface area (TPSA) is 53.1 Å². The van der Waals surface area contributed by atoms with Gasteiger partial charge in [0, 0.05) is 7.11 Å². The highest BCUT2D eigenvalue weighted by Crippen LogP contribution is 2.34. The van der Waals surface area contributed by atoms with Crippen molar-refractivity contribution in [1.29, 1.82) is 0 Å². The van der Waals surface area contributed by atoms with Crippen molar-refractivity contribution in [1.82, 2.24) is 9.78 Å². The van der Waals surface area contributed by atoms with Crippen LogP contribution in [0.25, 0.3) is 0 Å². The summed E-state index contributed by atoms with van der Waals surface area (Å²) in [6, 6.07) is -0.0544. The minimum absolute atomic E-state index is 0.00732. The van der Waals surface area contributed by atoms with E-state index in [0.29, 0.717) is 6.61 Å². The average Bonchev–Trinajstić information content (AvgIpc) is 2.54. The second-order valence-corrected chi connectivity index (χ2v) is 5.79. The number of hydrogen-bond acceptors (Lipinski definition) is 3. The third kappa shape index (κ3) is 3.06. The van der Waals surface area contributed by atoms with E-state index in [1.54, 1.807) is 13.3 Å². The van der Waals surface area contributed by atoms with Crippen LogP contribution < -0.4 is 5.73 Å². The predicted octanol–water partition coefficient (Wildman–Crippen LogP) is 2.34. The van der Waals surface area contributed by atoms with Gasteiger partial charge >= 0.3 is 0 Å². The first-order chi connectivity index (χ1) is 7.38. The lowest BCUT2D eigenvalue weighted by Gasteiger charge is -2.28. The molecule has 0 fully saturated rings. The maximum Gasteiger partial charge on any atom is 0.0699 e. The molecule has 1 heterocycles. The van der Waals surface area contributed by atoms with Gasteiger partial charge in [0.1, 0.15) is 0 Å². The molecule has 0 saturated carbocycles.